The smallest absolute Gasteiger partial charge is 0.317 e. The molecule has 0 spiro atoms. The van der Waals surface area contributed by atoms with Crippen molar-refractivity contribution in [2.24, 2.45) is 0 Å². The van der Waals surface area contributed by atoms with E-state index in [0.29, 0.717) is 13.1 Å². The van der Waals surface area contributed by atoms with Crippen LogP contribution in [0.15, 0.2) is 72.8 Å². The third-order valence-corrected chi connectivity index (χ3v) is 6.07. The van der Waals surface area contributed by atoms with Crippen LogP contribution in [-0.2, 0) is 12.8 Å². The number of nitrogens with one attached hydrogen (secondary N) is 2. The lowest BCUT2D eigenvalue weighted by molar-refractivity contribution is 0.178. The lowest BCUT2D eigenvalue weighted by atomic mass is 10.0. The van der Waals surface area contributed by atoms with Crippen molar-refractivity contribution in [2.75, 3.05) is 45.8 Å². The van der Waals surface area contributed by atoms with E-state index in [1.165, 1.54) is 11.1 Å². The number of hydrogen-bond donors (Lipinski definition) is 2. The van der Waals surface area contributed by atoms with Crippen LogP contribution in [-0.4, -0.2) is 67.7 Å². The van der Waals surface area contributed by atoms with Crippen LogP contribution in [0.2, 0.25) is 0 Å². The Morgan fingerprint density at radius 3 is 2.25 bits per heavy atom. The summed E-state index contributed by atoms with van der Waals surface area (Å²) in [6.45, 7) is 12.6. The summed E-state index contributed by atoms with van der Waals surface area (Å²) >= 11 is 0. The van der Waals surface area contributed by atoms with E-state index in [1.54, 1.807) is 0 Å². The van der Waals surface area contributed by atoms with Gasteiger partial charge in [-0.3, -0.25) is 4.90 Å². The summed E-state index contributed by atoms with van der Waals surface area (Å²) in [7, 11) is 0. The van der Waals surface area contributed by atoms with Crippen LogP contribution in [0.3, 0.4) is 0 Å². The first-order chi connectivity index (χ1) is 15.6. The van der Waals surface area contributed by atoms with Crippen molar-refractivity contribution in [1.82, 2.24) is 20.4 Å². The van der Waals surface area contributed by atoms with Crippen molar-refractivity contribution >= 4 is 6.03 Å². The minimum absolute atomic E-state index is 0.00273. The van der Waals surface area contributed by atoms with E-state index in [4.69, 9.17) is 0 Å². The second kappa shape index (κ2) is 13.0. The van der Waals surface area contributed by atoms with Gasteiger partial charge in [-0.1, -0.05) is 67.2 Å². The van der Waals surface area contributed by atoms with E-state index in [0.717, 1.165) is 57.6 Å². The number of carbonyl (C=O) groups is 1. The number of nitrogens with zero attached hydrogens (tertiary/aromatic N) is 2. The second-order valence-corrected chi connectivity index (χ2v) is 8.74. The standard InChI is InChI=1S/C27H38N4O/c1-23(21-30-19-17-28-18-20-30)22-31(24(2)13-14-25-9-5-3-6-10-25)27(32)29-16-15-26-11-7-4-8-12-26/h3-12,24,28H,1,13-22H2,2H3,(H,29,32). The molecule has 2 N–H and O–H groups in total. The Kier molecular flexibility index (Phi) is 9.79. The molecule has 0 radical (unpaired) electrons. The zero-order valence-corrected chi connectivity index (χ0v) is 19.4. The highest BCUT2D eigenvalue weighted by Crippen LogP contribution is 2.13. The Morgan fingerprint density at radius 2 is 1.62 bits per heavy atom. The minimum Gasteiger partial charge on any atom is -0.338 e. The molecule has 0 saturated carbocycles. The number of amides is 2. The summed E-state index contributed by atoms with van der Waals surface area (Å²) < 4.78 is 0. The van der Waals surface area contributed by atoms with Crippen LogP contribution in [0.1, 0.15) is 24.5 Å². The maximum atomic E-state index is 13.2. The number of rotatable bonds is 11. The molecule has 172 valence electrons. The van der Waals surface area contributed by atoms with Gasteiger partial charge in [0.05, 0.1) is 0 Å². The minimum atomic E-state index is 0.00273. The second-order valence-electron chi connectivity index (χ2n) is 8.74. The molecule has 5 heteroatoms. The summed E-state index contributed by atoms with van der Waals surface area (Å²) in [5.41, 5.74) is 3.64. The van der Waals surface area contributed by atoms with Crippen molar-refractivity contribution in [3.63, 3.8) is 0 Å². The molecule has 1 aliphatic rings. The van der Waals surface area contributed by atoms with Crippen LogP contribution in [0.25, 0.3) is 0 Å². The Hall–Kier alpha value is -2.63. The molecular formula is C27H38N4O. The van der Waals surface area contributed by atoms with Crippen LogP contribution >= 0.6 is 0 Å². The molecule has 5 nitrogen and oxygen atoms in total. The fourth-order valence-corrected chi connectivity index (χ4v) is 4.14. The summed E-state index contributed by atoms with van der Waals surface area (Å²) in [4.78, 5) is 17.6. The maximum absolute atomic E-state index is 13.2. The van der Waals surface area contributed by atoms with E-state index in [2.05, 4.69) is 65.4 Å². The van der Waals surface area contributed by atoms with Gasteiger partial charge in [0.1, 0.15) is 0 Å². The van der Waals surface area contributed by atoms with Crippen LogP contribution in [0.5, 0.6) is 0 Å². The van der Waals surface area contributed by atoms with Gasteiger partial charge in [-0.25, -0.2) is 4.79 Å². The first-order valence-corrected chi connectivity index (χ1v) is 11.8. The number of aryl methyl sites for hydroxylation is 1. The Morgan fingerprint density at radius 1 is 1.03 bits per heavy atom. The Labute approximate surface area is 193 Å². The summed E-state index contributed by atoms with van der Waals surface area (Å²) in [5, 5.41) is 6.53. The Balaban J connectivity index is 1.56. The predicted octanol–water partition coefficient (Wildman–Crippen LogP) is 3.72. The quantitative estimate of drug-likeness (QED) is 0.530. The van der Waals surface area contributed by atoms with Crippen molar-refractivity contribution in [3.8, 4) is 0 Å². The molecule has 0 aromatic heterocycles. The van der Waals surface area contributed by atoms with Gasteiger partial charge < -0.3 is 15.5 Å². The molecule has 1 aliphatic heterocycles. The highest BCUT2D eigenvalue weighted by Gasteiger charge is 2.22. The zero-order chi connectivity index (χ0) is 22.6. The fraction of sp³-hybridized carbons (Fsp3) is 0.444. The zero-order valence-electron chi connectivity index (χ0n) is 19.4. The number of piperazine rings is 1. The normalized spacial score (nSPS) is 15.2. The molecule has 1 fully saturated rings. The molecule has 1 heterocycles. The highest BCUT2D eigenvalue weighted by atomic mass is 16.2. The molecular weight excluding hydrogens is 396 g/mol. The molecule has 2 aromatic carbocycles. The number of hydrogen-bond acceptors (Lipinski definition) is 3. The molecule has 0 aliphatic carbocycles. The van der Waals surface area contributed by atoms with Crippen molar-refractivity contribution in [1.29, 1.82) is 0 Å². The monoisotopic (exact) mass is 434 g/mol. The van der Waals surface area contributed by atoms with Crippen molar-refractivity contribution in [2.45, 2.75) is 32.2 Å². The van der Waals surface area contributed by atoms with Crippen molar-refractivity contribution < 1.29 is 4.79 Å². The fourth-order valence-electron chi connectivity index (χ4n) is 4.14. The molecule has 2 aromatic rings. The summed E-state index contributed by atoms with van der Waals surface area (Å²) in [6, 6.07) is 20.9. The average Bonchev–Trinajstić information content (AvgIpc) is 2.83. The maximum Gasteiger partial charge on any atom is 0.317 e. The van der Waals surface area contributed by atoms with Gasteiger partial charge in [-0.2, -0.15) is 0 Å². The van der Waals surface area contributed by atoms with Gasteiger partial charge in [0.15, 0.2) is 0 Å². The van der Waals surface area contributed by atoms with Gasteiger partial charge in [0.2, 0.25) is 0 Å². The lowest BCUT2D eigenvalue weighted by Gasteiger charge is -2.33. The molecule has 1 unspecified atom stereocenters. The number of carbonyl (C=O) groups excluding carboxylic acids is 1. The average molecular weight is 435 g/mol. The first-order valence-electron chi connectivity index (χ1n) is 11.8. The molecule has 32 heavy (non-hydrogen) atoms. The van der Waals surface area contributed by atoms with E-state index < -0.39 is 0 Å². The summed E-state index contributed by atoms with van der Waals surface area (Å²) in [5.74, 6) is 0. The molecule has 1 saturated heterocycles. The molecule has 0 bridgehead atoms. The summed E-state index contributed by atoms with van der Waals surface area (Å²) in [6.07, 6.45) is 2.72. The largest absolute Gasteiger partial charge is 0.338 e. The van der Waals surface area contributed by atoms with Gasteiger partial charge in [-0.15, -0.1) is 0 Å². The third-order valence-electron chi connectivity index (χ3n) is 6.07. The van der Waals surface area contributed by atoms with Gasteiger partial charge in [-0.05, 0) is 42.9 Å². The van der Waals surface area contributed by atoms with Gasteiger partial charge in [0.25, 0.3) is 0 Å². The molecule has 2 amide bonds. The van der Waals surface area contributed by atoms with Gasteiger partial charge >= 0.3 is 6.03 Å². The predicted molar refractivity (Wildman–Crippen MR) is 133 cm³/mol. The SMILES string of the molecule is C=C(CN1CCNCC1)CN(C(=O)NCCc1ccccc1)C(C)CCc1ccccc1. The number of urea groups is 1. The number of benzene rings is 2. The van der Waals surface area contributed by atoms with Crippen LogP contribution in [0, 0.1) is 0 Å². The van der Waals surface area contributed by atoms with Crippen LogP contribution in [0.4, 0.5) is 4.79 Å². The van der Waals surface area contributed by atoms with E-state index in [1.807, 2.05) is 29.2 Å². The Bertz CT molecular complexity index is 818. The van der Waals surface area contributed by atoms with Gasteiger partial charge in [0, 0.05) is 51.9 Å². The molecule has 1 atom stereocenters. The van der Waals surface area contributed by atoms with E-state index >= 15 is 0 Å². The van der Waals surface area contributed by atoms with E-state index in [-0.39, 0.29) is 12.1 Å². The molecule has 3 rings (SSSR count). The third kappa shape index (κ3) is 8.13. The highest BCUT2D eigenvalue weighted by molar-refractivity contribution is 5.74. The topological polar surface area (TPSA) is 47.6 Å². The first kappa shape index (κ1) is 24.0. The van der Waals surface area contributed by atoms with E-state index in [9.17, 15) is 4.79 Å². The van der Waals surface area contributed by atoms with Crippen molar-refractivity contribution in [3.05, 3.63) is 83.9 Å². The lowest BCUT2D eigenvalue weighted by Crippen LogP contribution is -2.48. The van der Waals surface area contributed by atoms with Crippen LogP contribution < -0.4 is 10.6 Å².